The Balaban J connectivity index is 2.34. The lowest BCUT2D eigenvalue weighted by Crippen LogP contribution is -2.08. The molecule has 0 radical (unpaired) electrons. The van der Waals surface area contributed by atoms with E-state index in [4.69, 9.17) is 19.5 Å². The quantitative estimate of drug-likeness (QED) is 0.524. The third-order valence-electron chi connectivity index (χ3n) is 1.74. The molecule has 0 N–H and O–H groups in total. The first kappa shape index (κ1) is 11.5. The Hall–Kier alpha value is -1.57. The molecule has 0 aliphatic heterocycles. The minimum absolute atomic E-state index is 0.127. The van der Waals surface area contributed by atoms with Crippen molar-refractivity contribution in [1.29, 1.82) is 5.26 Å². The van der Waals surface area contributed by atoms with Crippen LogP contribution in [0.15, 0.2) is 24.3 Å². The first-order valence-corrected chi connectivity index (χ1v) is 4.57. The zero-order valence-corrected chi connectivity index (χ0v) is 8.60. The van der Waals surface area contributed by atoms with Gasteiger partial charge in [0.05, 0.1) is 18.8 Å². The van der Waals surface area contributed by atoms with Gasteiger partial charge in [0.25, 0.3) is 0 Å². The van der Waals surface area contributed by atoms with Crippen molar-refractivity contribution in [3.63, 3.8) is 0 Å². The van der Waals surface area contributed by atoms with E-state index in [9.17, 15) is 0 Å². The molecule has 0 fully saturated rings. The van der Waals surface area contributed by atoms with E-state index >= 15 is 0 Å². The molecule has 0 saturated carbocycles. The minimum atomic E-state index is 0.127. The van der Waals surface area contributed by atoms with Crippen molar-refractivity contribution in [3.8, 4) is 11.8 Å². The summed E-state index contributed by atoms with van der Waals surface area (Å²) < 4.78 is 15.2. The molecule has 0 bridgehead atoms. The summed E-state index contributed by atoms with van der Waals surface area (Å²) in [7, 11) is 1.61. The number of benzene rings is 1. The van der Waals surface area contributed by atoms with Gasteiger partial charge in [-0.05, 0) is 12.1 Å². The van der Waals surface area contributed by atoms with E-state index in [1.807, 2.05) is 12.1 Å². The number of hydrogen-bond acceptors (Lipinski definition) is 4. The summed E-state index contributed by atoms with van der Waals surface area (Å²) >= 11 is 0. The Labute approximate surface area is 89.0 Å². The maximum atomic E-state index is 8.77. The molecule has 4 heteroatoms. The molecule has 0 saturated heterocycles. The lowest BCUT2D eigenvalue weighted by Gasteiger charge is -2.07. The molecule has 0 unspecified atom stereocenters. The SMILES string of the molecule is COCCOCOc1ccccc1C#N. The summed E-state index contributed by atoms with van der Waals surface area (Å²) in [5, 5.41) is 8.77. The maximum Gasteiger partial charge on any atom is 0.189 e. The van der Waals surface area contributed by atoms with Crippen molar-refractivity contribution < 1.29 is 14.2 Å². The van der Waals surface area contributed by atoms with Gasteiger partial charge >= 0.3 is 0 Å². The predicted molar refractivity (Wildman–Crippen MR) is 54.5 cm³/mol. The highest BCUT2D eigenvalue weighted by atomic mass is 16.7. The van der Waals surface area contributed by atoms with Gasteiger partial charge in [0.1, 0.15) is 11.8 Å². The van der Waals surface area contributed by atoms with Crippen LogP contribution < -0.4 is 4.74 Å². The molecule has 0 heterocycles. The van der Waals surface area contributed by atoms with Gasteiger partial charge in [0.2, 0.25) is 0 Å². The zero-order valence-electron chi connectivity index (χ0n) is 8.60. The number of methoxy groups -OCH3 is 1. The molecular weight excluding hydrogens is 194 g/mol. The standard InChI is InChI=1S/C11H13NO3/c1-13-6-7-14-9-15-11-5-3-2-4-10(11)8-12/h2-5H,6-7,9H2,1H3. The Bertz CT molecular complexity index is 333. The molecule has 1 aromatic rings. The smallest absolute Gasteiger partial charge is 0.189 e. The molecule has 0 spiro atoms. The van der Waals surface area contributed by atoms with E-state index < -0.39 is 0 Å². The summed E-state index contributed by atoms with van der Waals surface area (Å²) in [5.74, 6) is 0.539. The van der Waals surface area contributed by atoms with Crippen LogP contribution in [0.25, 0.3) is 0 Å². The first-order valence-electron chi connectivity index (χ1n) is 4.57. The van der Waals surface area contributed by atoms with E-state index in [2.05, 4.69) is 0 Å². The summed E-state index contributed by atoms with van der Waals surface area (Å²) in [4.78, 5) is 0. The second kappa shape index (κ2) is 6.82. The fraction of sp³-hybridized carbons (Fsp3) is 0.364. The average molecular weight is 207 g/mol. The Morgan fingerprint density at radius 2 is 2.07 bits per heavy atom. The maximum absolute atomic E-state index is 8.77. The summed E-state index contributed by atoms with van der Waals surface area (Å²) in [6.45, 7) is 1.14. The second-order valence-electron chi connectivity index (χ2n) is 2.77. The number of hydrogen-bond donors (Lipinski definition) is 0. The van der Waals surface area contributed by atoms with E-state index in [0.717, 1.165) is 0 Å². The van der Waals surface area contributed by atoms with E-state index in [0.29, 0.717) is 24.5 Å². The summed E-state index contributed by atoms with van der Waals surface area (Å²) in [5.41, 5.74) is 0.507. The second-order valence-corrected chi connectivity index (χ2v) is 2.77. The van der Waals surface area contributed by atoms with Crippen molar-refractivity contribution in [2.45, 2.75) is 0 Å². The summed E-state index contributed by atoms with van der Waals surface area (Å²) in [6.07, 6.45) is 0. The monoisotopic (exact) mass is 207 g/mol. The van der Waals surface area contributed by atoms with E-state index in [-0.39, 0.29) is 6.79 Å². The number of rotatable bonds is 6. The topological polar surface area (TPSA) is 51.5 Å². The largest absolute Gasteiger partial charge is 0.466 e. The lowest BCUT2D eigenvalue weighted by molar-refractivity contribution is -0.00859. The molecule has 80 valence electrons. The number of para-hydroxylation sites is 1. The van der Waals surface area contributed by atoms with Crippen LogP contribution in [0.4, 0.5) is 0 Å². The Kier molecular flexibility index (Phi) is 5.23. The minimum Gasteiger partial charge on any atom is -0.466 e. The average Bonchev–Trinajstić information content (AvgIpc) is 2.29. The fourth-order valence-electron chi connectivity index (χ4n) is 0.991. The van der Waals surface area contributed by atoms with Gasteiger partial charge in [-0.15, -0.1) is 0 Å². The van der Waals surface area contributed by atoms with Crippen LogP contribution in [0.2, 0.25) is 0 Å². The highest BCUT2D eigenvalue weighted by molar-refractivity contribution is 5.42. The van der Waals surface area contributed by atoms with Gasteiger partial charge < -0.3 is 14.2 Å². The Morgan fingerprint density at radius 3 is 2.80 bits per heavy atom. The predicted octanol–water partition coefficient (Wildman–Crippen LogP) is 1.56. The van der Waals surface area contributed by atoms with Gasteiger partial charge in [-0.25, -0.2) is 0 Å². The number of nitrogens with zero attached hydrogens (tertiary/aromatic N) is 1. The number of ether oxygens (including phenoxy) is 3. The molecule has 1 rings (SSSR count). The van der Waals surface area contributed by atoms with Crippen LogP contribution in [0.3, 0.4) is 0 Å². The molecule has 15 heavy (non-hydrogen) atoms. The van der Waals surface area contributed by atoms with Crippen LogP contribution in [0.1, 0.15) is 5.56 Å². The van der Waals surface area contributed by atoms with Gasteiger partial charge in [-0.1, -0.05) is 12.1 Å². The van der Waals surface area contributed by atoms with E-state index in [1.54, 1.807) is 25.3 Å². The molecule has 0 aromatic heterocycles. The van der Waals surface area contributed by atoms with E-state index in [1.165, 1.54) is 0 Å². The highest BCUT2D eigenvalue weighted by Gasteiger charge is 2.00. The van der Waals surface area contributed by atoms with Crippen molar-refractivity contribution in [2.75, 3.05) is 27.1 Å². The van der Waals surface area contributed by atoms with Gasteiger partial charge in [-0.2, -0.15) is 5.26 Å². The van der Waals surface area contributed by atoms with Crippen molar-refractivity contribution in [2.24, 2.45) is 0 Å². The molecule has 0 aliphatic rings. The first-order chi connectivity index (χ1) is 7.38. The van der Waals surface area contributed by atoms with Crippen LogP contribution in [0, 0.1) is 11.3 Å². The van der Waals surface area contributed by atoms with Gasteiger partial charge in [0, 0.05) is 7.11 Å². The molecule has 0 aliphatic carbocycles. The third kappa shape index (κ3) is 3.98. The summed E-state index contributed by atoms with van der Waals surface area (Å²) in [6, 6.07) is 9.08. The molecule has 0 amide bonds. The van der Waals surface area contributed by atoms with Gasteiger partial charge in [0.15, 0.2) is 6.79 Å². The number of nitriles is 1. The Morgan fingerprint density at radius 1 is 1.27 bits per heavy atom. The van der Waals surface area contributed by atoms with Crippen molar-refractivity contribution >= 4 is 0 Å². The van der Waals surface area contributed by atoms with Crippen LogP contribution in [-0.2, 0) is 9.47 Å². The van der Waals surface area contributed by atoms with Crippen LogP contribution >= 0.6 is 0 Å². The molecule has 0 atom stereocenters. The van der Waals surface area contributed by atoms with Crippen molar-refractivity contribution in [3.05, 3.63) is 29.8 Å². The molecule has 1 aromatic carbocycles. The molecule has 4 nitrogen and oxygen atoms in total. The highest BCUT2D eigenvalue weighted by Crippen LogP contribution is 2.16. The van der Waals surface area contributed by atoms with Crippen molar-refractivity contribution in [1.82, 2.24) is 0 Å². The molecular formula is C11H13NO3. The van der Waals surface area contributed by atoms with Gasteiger partial charge in [-0.3, -0.25) is 0 Å². The lowest BCUT2D eigenvalue weighted by atomic mass is 10.2. The fourth-order valence-corrected chi connectivity index (χ4v) is 0.991. The van der Waals surface area contributed by atoms with Crippen LogP contribution in [0.5, 0.6) is 5.75 Å². The normalized spacial score (nSPS) is 9.60. The third-order valence-corrected chi connectivity index (χ3v) is 1.74. The van der Waals surface area contributed by atoms with Crippen LogP contribution in [-0.4, -0.2) is 27.1 Å². The zero-order chi connectivity index (χ0) is 10.9.